The second kappa shape index (κ2) is 6.60. The van der Waals surface area contributed by atoms with Gasteiger partial charge in [-0.2, -0.15) is 14.9 Å². The Kier molecular flexibility index (Phi) is 4.50. The summed E-state index contributed by atoms with van der Waals surface area (Å²) in [6.45, 7) is 1.79. The maximum absolute atomic E-state index is 12.8. The number of aromatic amines is 1. The minimum absolute atomic E-state index is 0. The van der Waals surface area contributed by atoms with Crippen molar-refractivity contribution in [2.75, 3.05) is 13.1 Å². The Bertz CT molecular complexity index is 1090. The smallest absolute Gasteiger partial charge is 0.282 e. The molecule has 0 saturated carbocycles. The summed E-state index contributed by atoms with van der Waals surface area (Å²) in [4.78, 5) is 16.0. The molecule has 1 aliphatic heterocycles. The van der Waals surface area contributed by atoms with Gasteiger partial charge < -0.3 is 10.3 Å². The van der Waals surface area contributed by atoms with Crippen molar-refractivity contribution in [2.24, 2.45) is 0 Å². The van der Waals surface area contributed by atoms with Crippen molar-refractivity contribution in [3.8, 4) is 18.4 Å². The molecule has 7 heteroatoms. The van der Waals surface area contributed by atoms with Gasteiger partial charge in [-0.25, -0.2) is 0 Å². The van der Waals surface area contributed by atoms with Crippen LogP contribution in [0.15, 0.2) is 23.0 Å². The molecule has 3 heterocycles. The van der Waals surface area contributed by atoms with E-state index < -0.39 is 0 Å². The molecule has 0 atom stereocenters. The minimum Gasteiger partial charge on any atom is -0.338 e. The SMILES string of the molecule is C#Cc1ccc2[nH]c3c(C#N)c(C4CCNCC4)nn3c(=O)c2c1.Cl. The van der Waals surface area contributed by atoms with E-state index in [2.05, 4.69) is 27.4 Å². The van der Waals surface area contributed by atoms with Crippen LogP contribution in [0.2, 0.25) is 0 Å². The van der Waals surface area contributed by atoms with Crippen molar-refractivity contribution >= 4 is 29.0 Å². The second-order valence-corrected chi connectivity index (χ2v) is 5.99. The zero-order valence-electron chi connectivity index (χ0n) is 13.4. The Morgan fingerprint density at radius 3 is 2.76 bits per heavy atom. The Hall–Kier alpha value is -2.80. The molecule has 1 aromatic carbocycles. The first-order chi connectivity index (χ1) is 11.7. The lowest BCUT2D eigenvalue weighted by Crippen LogP contribution is -2.27. The maximum Gasteiger partial charge on any atom is 0.282 e. The Labute approximate surface area is 150 Å². The highest BCUT2D eigenvalue weighted by molar-refractivity contribution is 5.85. The van der Waals surface area contributed by atoms with Crippen molar-refractivity contribution in [3.63, 3.8) is 0 Å². The summed E-state index contributed by atoms with van der Waals surface area (Å²) in [5, 5.41) is 17.9. The number of rotatable bonds is 1. The van der Waals surface area contributed by atoms with Gasteiger partial charge in [-0.3, -0.25) is 4.79 Å². The fraction of sp³-hybridized carbons (Fsp3) is 0.278. The summed E-state index contributed by atoms with van der Waals surface area (Å²) < 4.78 is 1.30. The third-order valence-corrected chi connectivity index (χ3v) is 4.61. The number of hydrogen-bond acceptors (Lipinski definition) is 4. The van der Waals surface area contributed by atoms with E-state index in [9.17, 15) is 10.1 Å². The van der Waals surface area contributed by atoms with Gasteiger partial charge >= 0.3 is 0 Å². The molecule has 0 radical (unpaired) electrons. The highest BCUT2D eigenvalue weighted by atomic mass is 35.5. The van der Waals surface area contributed by atoms with Crippen molar-refractivity contribution < 1.29 is 0 Å². The molecule has 1 saturated heterocycles. The van der Waals surface area contributed by atoms with E-state index in [-0.39, 0.29) is 23.9 Å². The van der Waals surface area contributed by atoms with Crippen LogP contribution in [-0.4, -0.2) is 27.7 Å². The van der Waals surface area contributed by atoms with E-state index in [4.69, 9.17) is 6.42 Å². The number of hydrogen-bond donors (Lipinski definition) is 2. The number of piperidine rings is 1. The summed E-state index contributed by atoms with van der Waals surface area (Å²) >= 11 is 0. The number of nitriles is 1. The Morgan fingerprint density at radius 1 is 1.32 bits per heavy atom. The fourth-order valence-electron chi connectivity index (χ4n) is 3.35. The lowest BCUT2D eigenvalue weighted by Gasteiger charge is -2.20. The average molecular weight is 354 g/mol. The molecule has 25 heavy (non-hydrogen) atoms. The first kappa shape index (κ1) is 17.0. The number of nitrogens with one attached hydrogen (secondary N) is 2. The zero-order chi connectivity index (χ0) is 16.7. The van der Waals surface area contributed by atoms with Crippen molar-refractivity contribution in [1.82, 2.24) is 19.9 Å². The van der Waals surface area contributed by atoms with E-state index in [1.54, 1.807) is 18.2 Å². The van der Waals surface area contributed by atoms with Crippen molar-refractivity contribution in [3.05, 3.63) is 45.4 Å². The first-order valence-corrected chi connectivity index (χ1v) is 7.89. The average Bonchev–Trinajstić information content (AvgIpc) is 3.01. The van der Waals surface area contributed by atoms with Crippen LogP contribution in [0.25, 0.3) is 16.6 Å². The van der Waals surface area contributed by atoms with Crippen LogP contribution in [0.5, 0.6) is 0 Å². The molecule has 0 bridgehead atoms. The lowest BCUT2D eigenvalue weighted by atomic mass is 9.92. The molecule has 2 aromatic heterocycles. The van der Waals surface area contributed by atoms with Gasteiger partial charge in [-0.05, 0) is 44.1 Å². The van der Waals surface area contributed by atoms with Crippen LogP contribution in [0.4, 0.5) is 0 Å². The van der Waals surface area contributed by atoms with Gasteiger partial charge in [0.25, 0.3) is 5.56 Å². The van der Waals surface area contributed by atoms with Crippen molar-refractivity contribution in [2.45, 2.75) is 18.8 Å². The molecule has 3 aromatic rings. The summed E-state index contributed by atoms with van der Waals surface area (Å²) in [6, 6.07) is 7.43. The number of fused-ring (bicyclic) bond motifs is 2. The molecular formula is C18H16ClN5O. The van der Waals surface area contributed by atoms with Crippen LogP contribution in [-0.2, 0) is 0 Å². The first-order valence-electron chi connectivity index (χ1n) is 7.89. The summed E-state index contributed by atoms with van der Waals surface area (Å²) in [7, 11) is 0. The van der Waals surface area contributed by atoms with Gasteiger partial charge in [0.05, 0.1) is 16.6 Å². The quantitative estimate of drug-likeness (QED) is 0.654. The topological polar surface area (TPSA) is 86.0 Å². The third-order valence-electron chi connectivity index (χ3n) is 4.61. The Balaban J connectivity index is 0.00000182. The molecule has 126 valence electrons. The molecule has 1 fully saturated rings. The summed E-state index contributed by atoms with van der Waals surface area (Å²) in [6.07, 6.45) is 7.24. The molecule has 1 aliphatic rings. The van der Waals surface area contributed by atoms with E-state index in [1.807, 2.05) is 0 Å². The van der Waals surface area contributed by atoms with E-state index in [0.29, 0.717) is 33.4 Å². The van der Waals surface area contributed by atoms with Gasteiger partial charge in [-0.15, -0.1) is 18.8 Å². The van der Waals surface area contributed by atoms with Crippen LogP contribution in [0.3, 0.4) is 0 Å². The summed E-state index contributed by atoms with van der Waals surface area (Å²) in [5.74, 6) is 2.72. The number of aromatic nitrogens is 3. The number of terminal acetylenes is 1. The number of nitrogens with zero attached hydrogens (tertiary/aromatic N) is 3. The molecule has 0 spiro atoms. The largest absolute Gasteiger partial charge is 0.338 e. The lowest BCUT2D eigenvalue weighted by molar-refractivity contribution is 0.451. The summed E-state index contributed by atoms with van der Waals surface area (Å²) in [5.41, 5.74) is 2.66. The zero-order valence-corrected chi connectivity index (χ0v) is 14.2. The van der Waals surface area contributed by atoms with E-state index in [0.717, 1.165) is 25.9 Å². The van der Waals surface area contributed by atoms with E-state index >= 15 is 0 Å². The predicted molar refractivity (Wildman–Crippen MR) is 98.1 cm³/mol. The predicted octanol–water partition coefficient (Wildman–Crippen LogP) is 1.92. The van der Waals surface area contributed by atoms with Crippen LogP contribution < -0.4 is 10.9 Å². The molecule has 0 amide bonds. The molecule has 4 rings (SSSR count). The molecular weight excluding hydrogens is 338 g/mol. The second-order valence-electron chi connectivity index (χ2n) is 5.99. The fourth-order valence-corrected chi connectivity index (χ4v) is 3.35. The number of halogens is 1. The maximum atomic E-state index is 12.8. The number of H-pyrrole nitrogens is 1. The standard InChI is InChI=1S/C18H15N5O.ClH/c1-2-11-3-4-15-13(9-11)18(24)23-17(21-15)14(10-19)16(22-23)12-5-7-20-8-6-12;/h1,3-4,9,12,20-21H,5-8H2;1H. The Morgan fingerprint density at radius 2 is 2.08 bits per heavy atom. The van der Waals surface area contributed by atoms with Crippen LogP contribution in [0, 0.1) is 23.7 Å². The van der Waals surface area contributed by atoms with Crippen LogP contribution >= 0.6 is 12.4 Å². The molecule has 2 N–H and O–H groups in total. The van der Waals surface area contributed by atoms with Gasteiger partial charge in [0.15, 0.2) is 5.65 Å². The van der Waals surface area contributed by atoms with Gasteiger partial charge in [0.2, 0.25) is 0 Å². The van der Waals surface area contributed by atoms with E-state index in [1.165, 1.54) is 4.52 Å². The highest BCUT2D eigenvalue weighted by Crippen LogP contribution is 2.28. The van der Waals surface area contributed by atoms with Crippen LogP contribution in [0.1, 0.15) is 35.6 Å². The molecule has 0 unspecified atom stereocenters. The van der Waals surface area contributed by atoms with Gasteiger partial charge in [0, 0.05) is 11.5 Å². The minimum atomic E-state index is -0.257. The van der Waals surface area contributed by atoms with Gasteiger partial charge in [0.1, 0.15) is 11.6 Å². The van der Waals surface area contributed by atoms with Gasteiger partial charge in [-0.1, -0.05) is 5.92 Å². The van der Waals surface area contributed by atoms with Crippen molar-refractivity contribution in [1.29, 1.82) is 5.26 Å². The molecule has 6 nitrogen and oxygen atoms in total. The third kappa shape index (κ3) is 2.66. The normalized spacial score (nSPS) is 14.8. The molecule has 0 aliphatic carbocycles. The monoisotopic (exact) mass is 353 g/mol. The highest BCUT2D eigenvalue weighted by Gasteiger charge is 2.25. The number of benzene rings is 1.